The van der Waals surface area contributed by atoms with Gasteiger partial charge in [0.15, 0.2) is 29.1 Å². The molecule has 0 aliphatic rings. The number of aromatic nitrogens is 1. The smallest absolute Gasteiger partial charge is 0.309 e. The standard InChI is InChI=1S/C26H27NO6/c1-17(16-21(28)23-24(29)22(31-3)14-15-27-23)26(30)32-18(2)25(19-10-6-4-7-11-19)33-20-12-8-5-9-13-20/h4-15,17-18,25,29H,16H2,1-3H3/t17-,18-,25-/m1/s1. The number of aromatic hydroxyl groups is 1. The van der Waals surface area contributed by atoms with Crippen LogP contribution in [-0.4, -0.2) is 35.1 Å². The molecule has 3 rings (SSSR count). The molecule has 172 valence electrons. The highest BCUT2D eigenvalue weighted by molar-refractivity contribution is 5.99. The molecule has 3 aromatic rings. The van der Waals surface area contributed by atoms with Gasteiger partial charge in [0.2, 0.25) is 0 Å². The second-order valence-corrected chi connectivity index (χ2v) is 7.64. The Bertz CT molecular complexity index is 1070. The fraction of sp³-hybridized carbons (Fsp3) is 0.269. The van der Waals surface area contributed by atoms with Gasteiger partial charge in [0.25, 0.3) is 0 Å². The lowest BCUT2D eigenvalue weighted by molar-refractivity contribution is -0.157. The number of rotatable bonds is 10. The van der Waals surface area contributed by atoms with Crippen LogP contribution < -0.4 is 9.47 Å². The van der Waals surface area contributed by atoms with E-state index < -0.39 is 29.9 Å². The highest BCUT2D eigenvalue weighted by Crippen LogP contribution is 2.30. The van der Waals surface area contributed by atoms with Gasteiger partial charge in [0.1, 0.15) is 11.9 Å². The van der Waals surface area contributed by atoms with Crippen molar-refractivity contribution in [1.82, 2.24) is 4.98 Å². The van der Waals surface area contributed by atoms with Crippen molar-refractivity contribution in [2.24, 2.45) is 5.92 Å². The van der Waals surface area contributed by atoms with E-state index in [1.165, 1.54) is 19.4 Å². The number of benzene rings is 2. The van der Waals surface area contributed by atoms with Gasteiger partial charge >= 0.3 is 5.97 Å². The van der Waals surface area contributed by atoms with Crippen LogP contribution in [0.15, 0.2) is 72.9 Å². The average molecular weight is 450 g/mol. The lowest BCUT2D eigenvalue weighted by Crippen LogP contribution is -2.29. The number of ether oxygens (including phenoxy) is 3. The number of ketones is 1. The molecule has 0 amide bonds. The first-order chi connectivity index (χ1) is 15.9. The number of pyridine rings is 1. The largest absolute Gasteiger partial charge is 0.503 e. The summed E-state index contributed by atoms with van der Waals surface area (Å²) in [5, 5.41) is 10.2. The lowest BCUT2D eigenvalue weighted by atomic mass is 10.0. The normalized spacial score (nSPS) is 13.4. The van der Waals surface area contributed by atoms with Crippen LogP contribution >= 0.6 is 0 Å². The maximum Gasteiger partial charge on any atom is 0.309 e. The molecule has 0 aliphatic heterocycles. The summed E-state index contributed by atoms with van der Waals surface area (Å²) in [5.41, 5.74) is 0.715. The minimum atomic E-state index is -0.750. The molecule has 0 saturated heterocycles. The summed E-state index contributed by atoms with van der Waals surface area (Å²) in [6.45, 7) is 3.35. The fourth-order valence-electron chi connectivity index (χ4n) is 3.35. The first kappa shape index (κ1) is 23.8. The van der Waals surface area contributed by atoms with Crippen molar-refractivity contribution >= 4 is 11.8 Å². The van der Waals surface area contributed by atoms with Crippen LogP contribution in [0.1, 0.15) is 42.4 Å². The van der Waals surface area contributed by atoms with Crippen LogP contribution in [0, 0.1) is 5.92 Å². The maximum atomic E-state index is 12.8. The molecule has 7 heteroatoms. The predicted octanol–water partition coefficient (Wildman–Crippen LogP) is 4.76. The molecular formula is C26H27NO6. The van der Waals surface area contributed by atoms with Crippen LogP contribution in [-0.2, 0) is 9.53 Å². The zero-order chi connectivity index (χ0) is 23.8. The molecule has 1 heterocycles. The van der Waals surface area contributed by atoms with Gasteiger partial charge in [-0.3, -0.25) is 9.59 Å². The zero-order valence-electron chi connectivity index (χ0n) is 18.8. The van der Waals surface area contributed by atoms with Gasteiger partial charge in [-0.05, 0) is 24.6 Å². The third-order valence-corrected chi connectivity index (χ3v) is 5.13. The van der Waals surface area contributed by atoms with Gasteiger partial charge in [-0.25, -0.2) is 4.98 Å². The number of hydrogen-bond acceptors (Lipinski definition) is 7. The molecule has 0 radical (unpaired) electrons. The summed E-state index contributed by atoms with van der Waals surface area (Å²) in [6.07, 6.45) is 0.0300. The molecule has 0 spiro atoms. The SMILES string of the molecule is COc1ccnc(C(=O)C[C@@H](C)C(=O)O[C@H](C)[C@@H](Oc2ccccc2)c2ccccc2)c1O. The van der Waals surface area contributed by atoms with Crippen LogP contribution in [0.4, 0.5) is 0 Å². The molecule has 0 bridgehead atoms. The van der Waals surface area contributed by atoms with Crippen molar-refractivity contribution in [2.75, 3.05) is 7.11 Å². The van der Waals surface area contributed by atoms with E-state index in [9.17, 15) is 14.7 Å². The minimum absolute atomic E-state index is 0.140. The number of carbonyl (C=O) groups is 2. The van der Waals surface area contributed by atoms with Crippen molar-refractivity contribution in [3.05, 3.63) is 84.2 Å². The van der Waals surface area contributed by atoms with Crippen molar-refractivity contribution in [2.45, 2.75) is 32.5 Å². The summed E-state index contributed by atoms with van der Waals surface area (Å²) < 4.78 is 16.8. The molecule has 0 unspecified atom stereocenters. The highest BCUT2D eigenvalue weighted by Gasteiger charge is 2.29. The van der Waals surface area contributed by atoms with E-state index in [0.29, 0.717) is 5.75 Å². The van der Waals surface area contributed by atoms with E-state index in [-0.39, 0.29) is 23.6 Å². The number of hydrogen-bond donors (Lipinski definition) is 1. The Labute approximate surface area is 193 Å². The van der Waals surface area contributed by atoms with E-state index >= 15 is 0 Å². The minimum Gasteiger partial charge on any atom is -0.503 e. The summed E-state index contributed by atoms with van der Waals surface area (Å²) in [5.74, 6) is -1.34. The van der Waals surface area contributed by atoms with E-state index in [4.69, 9.17) is 14.2 Å². The zero-order valence-corrected chi connectivity index (χ0v) is 18.8. The van der Waals surface area contributed by atoms with Gasteiger partial charge < -0.3 is 19.3 Å². The average Bonchev–Trinajstić information content (AvgIpc) is 2.83. The first-order valence-corrected chi connectivity index (χ1v) is 10.6. The van der Waals surface area contributed by atoms with Gasteiger partial charge in [0.05, 0.1) is 13.0 Å². The summed E-state index contributed by atoms with van der Waals surface area (Å²) in [4.78, 5) is 29.3. The van der Waals surface area contributed by atoms with Gasteiger partial charge in [-0.2, -0.15) is 0 Å². The van der Waals surface area contributed by atoms with Crippen molar-refractivity contribution < 1.29 is 28.9 Å². The molecule has 0 aliphatic carbocycles. The van der Waals surface area contributed by atoms with E-state index in [0.717, 1.165) is 5.56 Å². The topological polar surface area (TPSA) is 95.0 Å². The molecule has 1 N–H and O–H groups in total. The predicted molar refractivity (Wildman–Crippen MR) is 122 cm³/mol. The van der Waals surface area contributed by atoms with E-state index in [1.54, 1.807) is 13.8 Å². The van der Waals surface area contributed by atoms with Crippen molar-refractivity contribution in [3.8, 4) is 17.2 Å². The van der Waals surface area contributed by atoms with E-state index in [2.05, 4.69) is 4.98 Å². The Balaban J connectivity index is 1.69. The lowest BCUT2D eigenvalue weighted by Gasteiger charge is -2.26. The van der Waals surface area contributed by atoms with Crippen LogP contribution in [0.2, 0.25) is 0 Å². The summed E-state index contributed by atoms with van der Waals surface area (Å²) in [6, 6.07) is 20.2. The second-order valence-electron chi connectivity index (χ2n) is 7.64. The fourth-order valence-corrected chi connectivity index (χ4v) is 3.35. The van der Waals surface area contributed by atoms with Gasteiger partial charge in [0, 0.05) is 18.7 Å². The van der Waals surface area contributed by atoms with Crippen molar-refractivity contribution in [1.29, 1.82) is 0 Å². The summed E-state index contributed by atoms with van der Waals surface area (Å²) in [7, 11) is 1.38. The van der Waals surface area contributed by atoms with Crippen molar-refractivity contribution in [3.63, 3.8) is 0 Å². The number of esters is 1. The third kappa shape index (κ3) is 6.10. The quantitative estimate of drug-likeness (QED) is 0.352. The highest BCUT2D eigenvalue weighted by atomic mass is 16.6. The molecule has 7 nitrogen and oxygen atoms in total. The van der Waals surface area contributed by atoms with Crippen LogP contribution in [0.3, 0.4) is 0 Å². The molecule has 3 atom stereocenters. The number of para-hydroxylation sites is 1. The Morgan fingerprint density at radius 3 is 2.24 bits per heavy atom. The second kappa shape index (κ2) is 11.1. The first-order valence-electron chi connectivity index (χ1n) is 10.6. The monoisotopic (exact) mass is 449 g/mol. The molecule has 0 fully saturated rings. The third-order valence-electron chi connectivity index (χ3n) is 5.13. The Hall–Kier alpha value is -3.87. The van der Waals surface area contributed by atoms with Crippen LogP contribution in [0.5, 0.6) is 17.2 Å². The Morgan fingerprint density at radius 2 is 1.61 bits per heavy atom. The van der Waals surface area contributed by atoms with Crippen LogP contribution in [0.25, 0.3) is 0 Å². The molecular weight excluding hydrogens is 422 g/mol. The molecule has 1 aromatic heterocycles. The number of Topliss-reactive ketones (excluding diaryl/α,β-unsaturated/α-hetero) is 1. The summed E-state index contributed by atoms with van der Waals surface area (Å²) >= 11 is 0. The van der Waals surface area contributed by atoms with E-state index in [1.807, 2.05) is 60.7 Å². The number of methoxy groups -OCH3 is 1. The molecule has 2 aromatic carbocycles. The maximum absolute atomic E-state index is 12.8. The Morgan fingerprint density at radius 1 is 0.970 bits per heavy atom. The number of carbonyl (C=O) groups excluding carboxylic acids is 2. The number of nitrogens with zero attached hydrogens (tertiary/aromatic N) is 1. The van der Waals surface area contributed by atoms with Gasteiger partial charge in [-0.1, -0.05) is 55.5 Å². The molecule has 33 heavy (non-hydrogen) atoms. The Kier molecular flexibility index (Phi) is 8.02. The van der Waals surface area contributed by atoms with Gasteiger partial charge in [-0.15, -0.1) is 0 Å². The molecule has 0 saturated carbocycles.